The summed E-state index contributed by atoms with van der Waals surface area (Å²) in [6, 6.07) is 15.9. The second-order valence-electron chi connectivity index (χ2n) is 8.19. The van der Waals surface area contributed by atoms with Crippen molar-refractivity contribution in [3.63, 3.8) is 0 Å². The van der Waals surface area contributed by atoms with Gasteiger partial charge in [-0.3, -0.25) is 19.3 Å². The molecule has 0 aliphatic carbocycles. The predicted molar refractivity (Wildman–Crippen MR) is 130 cm³/mol. The van der Waals surface area contributed by atoms with Crippen molar-refractivity contribution in [2.75, 3.05) is 19.0 Å². The summed E-state index contributed by atoms with van der Waals surface area (Å²) in [7, 11) is 1.56. The molecular formula is C26H20N6O4. The molecule has 5 rings (SSSR count). The largest absolute Gasteiger partial charge is 0.494 e. The van der Waals surface area contributed by atoms with Gasteiger partial charge in [-0.15, -0.1) is 0 Å². The Morgan fingerprint density at radius 1 is 1.11 bits per heavy atom. The van der Waals surface area contributed by atoms with Crippen molar-refractivity contribution in [3.8, 4) is 17.6 Å². The molecule has 0 spiro atoms. The molecule has 0 bridgehead atoms. The summed E-state index contributed by atoms with van der Waals surface area (Å²) in [5.41, 5.74) is 2.31. The van der Waals surface area contributed by atoms with E-state index in [9.17, 15) is 19.6 Å². The van der Waals surface area contributed by atoms with Crippen LogP contribution in [0.3, 0.4) is 0 Å². The fraction of sp³-hybridized carbons (Fsp3) is 0.154. The Bertz CT molecular complexity index is 1570. The van der Waals surface area contributed by atoms with Crippen LogP contribution in [0.4, 0.5) is 5.82 Å². The van der Waals surface area contributed by atoms with Gasteiger partial charge in [0.2, 0.25) is 5.91 Å². The Balaban J connectivity index is 1.40. The second-order valence-corrected chi connectivity index (χ2v) is 8.19. The maximum absolute atomic E-state index is 12.8. The van der Waals surface area contributed by atoms with Crippen molar-refractivity contribution in [3.05, 3.63) is 77.0 Å². The van der Waals surface area contributed by atoms with Gasteiger partial charge in [-0.1, -0.05) is 24.3 Å². The zero-order valence-electron chi connectivity index (χ0n) is 19.5. The van der Waals surface area contributed by atoms with Crippen molar-refractivity contribution >= 4 is 34.4 Å². The van der Waals surface area contributed by atoms with Crippen LogP contribution < -0.4 is 10.1 Å². The first kappa shape index (κ1) is 22.7. The highest BCUT2D eigenvalue weighted by Gasteiger charge is 2.35. The fourth-order valence-corrected chi connectivity index (χ4v) is 4.22. The number of hydrogen-bond donors (Lipinski definition) is 1. The number of rotatable bonds is 6. The molecule has 36 heavy (non-hydrogen) atoms. The molecule has 3 amide bonds. The monoisotopic (exact) mass is 480 g/mol. The first-order valence-electron chi connectivity index (χ1n) is 11.1. The summed E-state index contributed by atoms with van der Waals surface area (Å²) in [5, 5.41) is 17.4. The smallest absolute Gasteiger partial charge is 0.261 e. The number of carbonyl (C=O) groups excluding carboxylic acids is 3. The molecule has 2 aromatic carbocycles. The van der Waals surface area contributed by atoms with Gasteiger partial charge in [0.15, 0.2) is 11.6 Å². The molecule has 0 saturated heterocycles. The first-order valence-corrected chi connectivity index (χ1v) is 11.1. The van der Waals surface area contributed by atoms with Crippen LogP contribution >= 0.6 is 0 Å². The van der Waals surface area contributed by atoms with Crippen LogP contribution in [0.1, 0.15) is 38.3 Å². The fourth-order valence-electron chi connectivity index (χ4n) is 4.22. The van der Waals surface area contributed by atoms with E-state index in [4.69, 9.17) is 4.74 Å². The highest BCUT2D eigenvalue weighted by atomic mass is 16.5. The lowest BCUT2D eigenvalue weighted by Gasteiger charge is -2.15. The third kappa shape index (κ3) is 3.73. The number of benzene rings is 2. The van der Waals surface area contributed by atoms with Crippen molar-refractivity contribution in [1.29, 1.82) is 5.26 Å². The van der Waals surface area contributed by atoms with Crippen LogP contribution in [0.15, 0.2) is 54.7 Å². The number of imide groups is 1. The Labute approximate surface area is 205 Å². The summed E-state index contributed by atoms with van der Waals surface area (Å²) in [5.74, 6) is -0.240. The molecule has 4 aromatic rings. The number of methoxy groups -OCH3 is 1. The first-order chi connectivity index (χ1) is 17.4. The molecule has 0 atom stereocenters. The normalized spacial score (nSPS) is 12.5. The van der Waals surface area contributed by atoms with Gasteiger partial charge in [0, 0.05) is 18.4 Å². The van der Waals surface area contributed by atoms with Crippen LogP contribution in [-0.2, 0) is 4.79 Å². The third-order valence-corrected chi connectivity index (χ3v) is 6.02. The van der Waals surface area contributed by atoms with Crippen LogP contribution in [0, 0.1) is 18.3 Å². The van der Waals surface area contributed by atoms with E-state index in [1.54, 1.807) is 43.5 Å². The number of fused-ring (bicyclic) bond motifs is 2. The zero-order chi connectivity index (χ0) is 25.4. The van der Waals surface area contributed by atoms with Gasteiger partial charge >= 0.3 is 0 Å². The molecule has 1 aliphatic heterocycles. The number of amides is 3. The standard InChI is InChI=1S/C26H20N6O4/c1-15-12-21(29-23-17(15)8-5-9-20(23)36-2)32-24(16(13-27)14-28-32)30-22(33)10-11-31-25(34)18-6-3-4-7-19(18)26(31)35/h3-9,12,14H,10-11H2,1-2H3,(H,30,33). The number of nitriles is 1. The number of aromatic nitrogens is 3. The van der Waals surface area contributed by atoms with Crippen molar-refractivity contribution in [1.82, 2.24) is 19.7 Å². The van der Waals surface area contributed by atoms with Crippen molar-refractivity contribution in [2.45, 2.75) is 13.3 Å². The van der Waals surface area contributed by atoms with E-state index in [0.717, 1.165) is 15.8 Å². The molecule has 2 aromatic heterocycles. The summed E-state index contributed by atoms with van der Waals surface area (Å²) in [6.07, 6.45) is 1.18. The SMILES string of the molecule is COc1cccc2c(C)cc(-n3ncc(C#N)c3NC(=O)CCN3C(=O)c4ccccc4C3=O)nc12. The van der Waals surface area contributed by atoms with E-state index < -0.39 is 17.7 Å². The molecule has 0 saturated carbocycles. The number of nitrogens with one attached hydrogen (secondary N) is 1. The van der Waals surface area contributed by atoms with Gasteiger partial charge in [-0.2, -0.15) is 15.0 Å². The lowest BCUT2D eigenvalue weighted by molar-refractivity contribution is -0.116. The minimum absolute atomic E-state index is 0.0985. The van der Waals surface area contributed by atoms with Crippen molar-refractivity contribution < 1.29 is 19.1 Å². The van der Waals surface area contributed by atoms with Gasteiger partial charge in [0.1, 0.15) is 22.9 Å². The van der Waals surface area contributed by atoms with Gasteiger partial charge < -0.3 is 10.1 Å². The van der Waals surface area contributed by atoms with Gasteiger partial charge in [-0.05, 0) is 36.8 Å². The third-order valence-electron chi connectivity index (χ3n) is 6.02. The average Bonchev–Trinajstić information content (AvgIpc) is 3.40. The molecule has 0 unspecified atom stereocenters. The molecule has 0 fully saturated rings. The van der Waals surface area contributed by atoms with E-state index in [1.807, 2.05) is 25.1 Å². The lowest BCUT2D eigenvalue weighted by Crippen LogP contribution is -2.33. The van der Waals surface area contributed by atoms with Crippen LogP contribution in [0.2, 0.25) is 0 Å². The van der Waals surface area contributed by atoms with Crippen molar-refractivity contribution in [2.24, 2.45) is 0 Å². The maximum atomic E-state index is 12.8. The summed E-state index contributed by atoms with van der Waals surface area (Å²) in [4.78, 5) is 43.7. The Morgan fingerprint density at radius 2 is 1.83 bits per heavy atom. The molecule has 10 heteroatoms. The number of carbonyl (C=O) groups is 3. The zero-order valence-corrected chi connectivity index (χ0v) is 19.5. The number of para-hydroxylation sites is 1. The molecule has 1 aliphatic rings. The average molecular weight is 480 g/mol. The number of pyridine rings is 1. The molecule has 3 heterocycles. The van der Waals surface area contributed by atoms with E-state index in [2.05, 4.69) is 15.4 Å². The van der Waals surface area contributed by atoms with E-state index >= 15 is 0 Å². The predicted octanol–water partition coefficient (Wildman–Crippen LogP) is 3.23. The topological polar surface area (TPSA) is 130 Å². The highest BCUT2D eigenvalue weighted by molar-refractivity contribution is 6.21. The minimum atomic E-state index is -0.486. The molecule has 0 radical (unpaired) electrons. The van der Waals surface area contributed by atoms with E-state index in [-0.39, 0.29) is 24.3 Å². The molecule has 178 valence electrons. The molecule has 1 N–H and O–H groups in total. The molecule has 10 nitrogen and oxygen atoms in total. The number of ether oxygens (including phenoxy) is 1. The van der Waals surface area contributed by atoms with Crippen LogP contribution in [-0.4, -0.2) is 51.0 Å². The maximum Gasteiger partial charge on any atom is 0.261 e. The summed E-state index contributed by atoms with van der Waals surface area (Å²) in [6.45, 7) is 1.82. The number of anilines is 1. The molecular weight excluding hydrogens is 460 g/mol. The number of nitrogens with zero attached hydrogens (tertiary/aromatic N) is 5. The van der Waals surface area contributed by atoms with Crippen LogP contribution in [0.5, 0.6) is 5.75 Å². The highest BCUT2D eigenvalue weighted by Crippen LogP contribution is 2.29. The van der Waals surface area contributed by atoms with E-state index in [1.165, 1.54) is 10.9 Å². The lowest BCUT2D eigenvalue weighted by atomic mass is 10.1. The Kier molecular flexibility index (Phi) is 5.66. The van der Waals surface area contributed by atoms with Gasteiger partial charge in [0.25, 0.3) is 11.8 Å². The minimum Gasteiger partial charge on any atom is -0.494 e. The summed E-state index contributed by atoms with van der Waals surface area (Å²) < 4.78 is 6.81. The summed E-state index contributed by atoms with van der Waals surface area (Å²) >= 11 is 0. The van der Waals surface area contributed by atoms with Crippen LogP contribution in [0.25, 0.3) is 16.7 Å². The quantitative estimate of drug-likeness (QED) is 0.419. The number of aryl methyl sites for hydroxylation is 1. The van der Waals surface area contributed by atoms with E-state index in [0.29, 0.717) is 28.2 Å². The van der Waals surface area contributed by atoms with Gasteiger partial charge in [0.05, 0.1) is 24.4 Å². The Hall–Kier alpha value is -5.04. The van der Waals surface area contributed by atoms with Gasteiger partial charge in [-0.25, -0.2) is 4.98 Å². The number of hydrogen-bond acceptors (Lipinski definition) is 7. The Morgan fingerprint density at radius 3 is 2.50 bits per heavy atom. The second kappa shape index (κ2) is 8.96.